The molecule has 0 aromatic rings. The molecule has 0 radical (unpaired) electrons. The topological polar surface area (TPSA) is 0 Å². The van der Waals surface area contributed by atoms with Gasteiger partial charge in [-0.05, 0) is 36.7 Å². The zero-order valence-corrected chi connectivity index (χ0v) is 8.04. The lowest BCUT2D eigenvalue weighted by Gasteiger charge is -2.08. The van der Waals surface area contributed by atoms with Gasteiger partial charge in [0.25, 0.3) is 0 Å². The fourth-order valence-electron chi connectivity index (χ4n) is 1.50. The highest BCUT2D eigenvalue weighted by atomic mass is 32.2. The van der Waals surface area contributed by atoms with Crippen LogP contribution in [0.15, 0.2) is 12.7 Å². The minimum atomic E-state index is 0.806. The predicted molar refractivity (Wildman–Crippen MR) is 54.1 cm³/mol. The molecule has 1 saturated heterocycles. The summed E-state index contributed by atoms with van der Waals surface area (Å²) in [5.41, 5.74) is 0. The van der Waals surface area contributed by atoms with Gasteiger partial charge in [0, 0.05) is 0 Å². The summed E-state index contributed by atoms with van der Waals surface area (Å²) in [5, 5.41) is 0. The number of hydrogen-bond donors (Lipinski definition) is 0. The summed E-state index contributed by atoms with van der Waals surface area (Å²) < 4.78 is 0. The third-order valence-corrected chi connectivity index (χ3v) is 3.43. The van der Waals surface area contributed by atoms with Crippen molar-refractivity contribution in [2.45, 2.75) is 32.1 Å². The van der Waals surface area contributed by atoms with E-state index in [9.17, 15) is 0 Å². The average molecular weight is 170 g/mol. The number of rotatable bonds is 1. The van der Waals surface area contributed by atoms with E-state index >= 15 is 0 Å². The molecule has 1 rings (SSSR count). The Morgan fingerprint density at radius 2 is 2.00 bits per heavy atom. The second-order valence-corrected chi connectivity index (χ2v) is 4.47. The largest absolute Gasteiger partial charge is 0.162 e. The van der Waals surface area contributed by atoms with Crippen molar-refractivity contribution in [1.82, 2.24) is 0 Å². The van der Waals surface area contributed by atoms with Crippen LogP contribution in [0.4, 0.5) is 0 Å². The molecule has 1 fully saturated rings. The van der Waals surface area contributed by atoms with Crippen molar-refractivity contribution in [3.05, 3.63) is 12.7 Å². The molecular weight excluding hydrogens is 152 g/mol. The average Bonchev–Trinajstić information content (AvgIpc) is 2.16. The zero-order valence-electron chi connectivity index (χ0n) is 7.22. The second-order valence-electron chi connectivity index (χ2n) is 3.25. The lowest BCUT2D eigenvalue weighted by Crippen LogP contribution is -1.96. The third kappa shape index (κ3) is 3.85. The van der Waals surface area contributed by atoms with Crippen molar-refractivity contribution in [2.75, 3.05) is 11.5 Å². The van der Waals surface area contributed by atoms with Crippen LogP contribution < -0.4 is 0 Å². The molecule has 0 aliphatic carbocycles. The molecule has 1 aliphatic rings. The highest BCUT2D eigenvalue weighted by Gasteiger charge is 2.05. The standard InChI is InChI=1S/C10H18S/c1-2-10-6-4-3-5-8-11-9-7-10/h2,10H,1,3-9H2. The fourth-order valence-corrected chi connectivity index (χ4v) is 2.59. The van der Waals surface area contributed by atoms with Crippen LogP contribution >= 0.6 is 11.8 Å². The summed E-state index contributed by atoms with van der Waals surface area (Å²) in [4.78, 5) is 0. The van der Waals surface area contributed by atoms with Gasteiger partial charge in [-0.25, -0.2) is 0 Å². The summed E-state index contributed by atoms with van der Waals surface area (Å²) in [7, 11) is 0. The zero-order chi connectivity index (χ0) is 7.94. The van der Waals surface area contributed by atoms with Crippen LogP contribution in [0.3, 0.4) is 0 Å². The minimum absolute atomic E-state index is 0.806. The lowest BCUT2D eigenvalue weighted by molar-refractivity contribution is 0.536. The monoisotopic (exact) mass is 170 g/mol. The molecule has 0 bridgehead atoms. The van der Waals surface area contributed by atoms with Crippen molar-refractivity contribution >= 4 is 11.8 Å². The van der Waals surface area contributed by atoms with Gasteiger partial charge in [-0.1, -0.05) is 18.9 Å². The Kier molecular flexibility index (Phi) is 4.76. The van der Waals surface area contributed by atoms with Crippen molar-refractivity contribution in [1.29, 1.82) is 0 Å². The Balaban J connectivity index is 2.24. The Morgan fingerprint density at radius 1 is 1.09 bits per heavy atom. The number of thioether (sulfide) groups is 1. The van der Waals surface area contributed by atoms with Gasteiger partial charge in [0.1, 0.15) is 0 Å². The molecule has 1 aliphatic heterocycles. The molecule has 0 amide bonds. The molecule has 1 atom stereocenters. The molecule has 11 heavy (non-hydrogen) atoms. The van der Waals surface area contributed by atoms with Crippen molar-refractivity contribution in [3.8, 4) is 0 Å². The van der Waals surface area contributed by atoms with Gasteiger partial charge in [-0.2, -0.15) is 11.8 Å². The normalized spacial score (nSPS) is 28.2. The quantitative estimate of drug-likeness (QED) is 0.543. The van der Waals surface area contributed by atoms with Gasteiger partial charge < -0.3 is 0 Å². The summed E-state index contributed by atoms with van der Waals surface area (Å²) in [5.74, 6) is 3.53. The smallest absolute Gasteiger partial charge is 0.00619 e. The lowest BCUT2D eigenvalue weighted by atomic mass is 9.99. The molecule has 0 aromatic carbocycles. The van der Waals surface area contributed by atoms with Crippen LogP contribution in [0, 0.1) is 5.92 Å². The van der Waals surface area contributed by atoms with E-state index in [1.165, 1.54) is 43.6 Å². The first-order chi connectivity index (χ1) is 5.43. The first kappa shape index (κ1) is 9.18. The maximum atomic E-state index is 3.88. The highest BCUT2D eigenvalue weighted by molar-refractivity contribution is 7.99. The first-order valence-corrected chi connectivity index (χ1v) is 5.79. The Hall–Kier alpha value is 0.0900. The van der Waals surface area contributed by atoms with Crippen LogP contribution in [-0.2, 0) is 0 Å². The van der Waals surface area contributed by atoms with Crippen LogP contribution in [0.1, 0.15) is 32.1 Å². The third-order valence-electron chi connectivity index (χ3n) is 2.33. The van der Waals surface area contributed by atoms with Gasteiger partial charge in [0.2, 0.25) is 0 Å². The Morgan fingerprint density at radius 3 is 2.82 bits per heavy atom. The predicted octanol–water partition coefficient (Wildman–Crippen LogP) is 3.49. The molecule has 0 saturated carbocycles. The molecule has 0 N–H and O–H groups in total. The van der Waals surface area contributed by atoms with Crippen molar-refractivity contribution in [3.63, 3.8) is 0 Å². The fraction of sp³-hybridized carbons (Fsp3) is 0.800. The van der Waals surface area contributed by atoms with Gasteiger partial charge in [-0.15, -0.1) is 6.58 Å². The summed E-state index contributed by atoms with van der Waals surface area (Å²) in [6.07, 6.45) is 9.15. The first-order valence-electron chi connectivity index (χ1n) is 4.64. The van der Waals surface area contributed by atoms with E-state index in [1.54, 1.807) is 0 Å². The van der Waals surface area contributed by atoms with Crippen LogP contribution in [0.25, 0.3) is 0 Å². The van der Waals surface area contributed by atoms with Crippen molar-refractivity contribution < 1.29 is 0 Å². The molecule has 1 heterocycles. The summed E-state index contributed by atoms with van der Waals surface area (Å²) in [6.45, 7) is 3.88. The van der Waals surface area contributed by atoms with E-state index in [2.05, 4.69) is 24.4 Å². The SMILES string of the molecule is C=CC1CCCCCSCC1. The molecule has 0 nitrogen and oxygen atoms in total. The van der Waals surface area contributed by atoms with Crippen LogP contribution in [-0.4, -0.2) is 11.5 Å². The maximum absolute atomic E-state index is 3.88. The maximum Gasteiger partial charge on any atom is -0.00619 e. The van der Waals surface area contributed by atoms with Gasteiger partial charge in [-0.3, -0.25) is 0 Å². The van der Waals surface area contributed by atoms with E-state index in [0.717, 1.165) is 5.92 Å². The van der Waals surface area contributed by atoms with Gasteiger partial charge in [0.15, 0.2) is 0 Å². The Labute approximate surface area is 74.5 Å². The molecule has 64 valence electrons. The minimum Gasteiger partial charge on any atom is -0.162 e. The van der Waals surface area contributed by atoms with Gasteiger partial charge >= 0.3 is 0 Å². The highest BCUT2D eigenvalue weighted by Crippen LogP contribution is 2.21. The van der Waals surface area contributed by atoms with E-state index in [-0.39, 0.29) is 0 Å². The molecular formula is C10H18S. The number of allylic oxidation sites excluding steroid dienone is 1. The van der Waals surface area contributed by atoms with Crippen LogP contribution in [0.2, 0.25) is 0 Å². The van der Waals surface area contributed by atoms with E-state index in [0.29, 0.717) is 0 Å². The summed E-state index contributed by atoms with van der Waals surface area (Å²) in [6, 6.07) is 0. The van der Waals surface area contributed by atoms with E-state index in [1.807, 2.05) is 0 Å². The molecule has 0 aromatic heterocycles. The molecule has 1 heteroatoms. The van der Waals surface area contributed by atoms with E-state index < -0.39 is 0 Å². The van der Waals surface area contributed by atoms with E-state index in [4.69, 9.17) is 0 Å². The van der Waals surface area contributed by atoms with Gasteiger partial charge in [0.05, 0.1) is 0 Å². The number of hydrogen-bond acceptors (Lipinski definition) is 1. The molecule has 0 spiro atoms. The molecule has 1 unspecified atom stereocenters. The van der Waals surface area contributed by atoms with Crippen molar-refractivity contribution in [2.24, 2.45) is 5.92 Å². The Bertz CT molecular complexity index is 99.4. The second kappa shape index (κ2) is 5.70. The summed E-state index contributed by atoms with van der Waals surface area (Å²) >= 11 is 2.11. The van der Waals surface area contributed by atoms with Crippen LogP contribution in [0.5, 0.6) is 0 Å².